The lowest BCUT2D eigenvalue weighted by molar-refractivity contribution is 0.296. The lowest BCUT2D eigenvalue weighted by Crippen LogP contribution is -2.19. The topological polar surface area (TPSA) is 51.8 Å². The lowest BCUT2D eigenvalue weighted by atomic mass is 9.83. The van der Waals surface area contributed by atoms with Crippen LogP contribution in [0.2, 0.25) is 0 Å². The van der Waals surface area contributed by atoms with Gasteiger partial charge in [-0.05, 0) is 55.1 Å². The van der Waals surface area contributed by atoms with E-state index >= 15 is 0 Å². The quantitative estimate of drug-likeness (QED) is 0.845. The monoisotopic (exact) mass is 217 g/mol. The molecular weight excluding hydrogens is 198 g/mol. The molecule has 1 aromatic rings. The highest BCUT2D eigenvalue weighted by atomic mass is 15.1. The molecule has 4 atom stereocenters. The Hall–Kier alpha value is -0.960. The number of aromatic nitrogens is 2. The van der Waals surface area contributed by atoms with Crippen LogP contribution in [0.25, 0.3) is 0 Å². The number of hydrogen-bond donors (Lipinski definition) is 1. The van der Waals surface area contributed by atoms with Crippen molar-refractivity contribution >= 4 is 0 Å². The van der Waals surface area contributed by atoms with E-state index in [1.54, 1.807) is 12.4 Å². The van der Waals surface area contributed by atoms with E-state index in [9.17, 15) is 0 Å². The second-order valence-corrected chi connectivity index (χ2v) is 5.45. The predicted molar refractivity (Wildman–Crippen MR) is 62.5 cm³/mol. The minimum atomic E-state index is 0.153. The number of fused-ring (bicyclic) bond motifs is 2. The van der Waals surface area contributed by atoms with E-state index in [0.717, 1.165) is 29.7 Å². The van der Waals surface area contributed by atoms with E-state index in [2.05, 4.69) is 10.2 Å². The second kappa shape index (κ2) is 4.13. The van der Waals surface area contributed by atoms with E-state index in [1.165, 1.54) is 25.7 Å². The van der Waals surface area contributed by atoms with Crippen LogP contribution in [-0.2, 0) is 0 Å². The zero-order valence-electron chi connectivity index (χ0n) is 9.55. The van der Waals surface area contributed by atoms with Crippen LogP contribution in [-0.4, -0.2) is 10.2 Å². The van der Waals surface area contributed by atoms with E-state index in [4.69, 9.17) is 5.73 Å². The summed E-state index contributed by atoms with van der Waals surface area (Å²) in [4.78, 5) is 0. The zero-order valence-corrected chi connectivity index (χ0v) is 9.55. The summed E-state index contributed by atoms with van der Waals surface area (Å²) in [6, 6.07) is 2.14. The fourth-order valence-corrected chi connectivity index (χ4v) is 3.65. The number of rotatable bonds is 3. The smallest absolute Gasteiger partial charge is 0.0543 e. The van der Waals surface area contributed by atoms with Gasteiger partial charge in [-0.2, -0.15) is 10.2 Å². The van der Waals surface area contributed by atoms with Gasteiger partial charge < -0.3 is 5.73 Å². The van der Waals surface area contributed by atoms with E-state index in [-0.39, 0.29) is 6.04 Å². The van der Waals surface area contributed by atoms with E-state index in [1.807, 2.05) is 6.07 Å². The lowest BCUT2D eigenvalue weighted by Gasteiger charge is -2.24. The first-order valence-electron chi connectivity index (χ1n) is 6.35. The molecule has 3 heteroatoms. The molecule has 0 aromatic carbocycles. The number of hydrogen-bond acceptors (Lipinski definition) is 3. The maximum absolute atomic E-state index is 6.24. The Morgan fingerprint density at radius 2 is 2.25 bits per heavy atom. The summed E-state index contributed by atoms with van der Waals surface area (Å²) in [7, 11) is 0. The van der Waals surface area contributed by atoms with Gasteiger partial charge in [0.25, 0.3) is 0 Å². The van der Waals surface area contributed by atoms with Crippen molar-refractivity contribution in [1.29, 1.82) is 0 Å². The standard InChI is InChI=1S/C13H19N3/c14-13(11-3-4-15-16-8-11)7-12-6-9-1-2-10(12)5-9/h3-4,8-10,12-13H,1-2,5-7,14H2. The van der Waals surface area contributed by atoms with Gasteiger partial charge in [0.15, 0.2) is 0 Å². The molecule has 2 bridgehead atoms. The summed E-state index contributed by atoms with van der Waals surface area (Å²) < 4.78 is 0. The molecule has 2 aliphatic rings. The molecule has 16 heavy (non-hydrogen) atoms. The van der Waals surface area contributed by atoms with Crippen molar-refractivity contribution < 1.29 is 0 Å². The van der Waals surface area contributed by atoms with Gasteiger partial charge in [0.2, 0.25) is 0 Å². The fourth-order valence-electron chi connectivity index (χ4n) is 3.65. The molecule has 0 radical (unpaired) electrons. The Kier molecular flexibility index (Phi) is 2.64. The van der Waals surface area contributed by atoms with Crippen molar-refractivity contribution in [2.45, 2.75) is 38.1 Å². The summed E-state index contributed by atoms with van der Waals surface area (Å²) in [5, 5.41) is 7.69. The molecule has 1 heterocycles. The number of nitrogens with zero attached hydrogens (tertiary/aromatic N) is 2. The fraction of sp³-hybridized carbons (Fsp3) is 0.692. The summed E-state index contributed by atoms with van der Waals surface area (Å²) >= 11 is 0. The average molecular weight is 217 g/mol. The maximum atomic E-state index is 6.24. The van der Waals surface area contributed by atoms with Crippen molar-refractivity contribution in [3.8, 4) is 0 Å². The molecule has 2 fully saturated rings. The van der Waals surface area contributed by atoms with Crippen molar-refractivity contribution in [2.24, 2.45) is 23.5 Å². The van der Waals surface area contributed by atoms with Crippen molar-refractivity contribution in [2.75, 3.05) is 0 Å². The Labute approximate surface area is 96.5 Å². The molecular formula is C13H19N3. The van der Waals surface area contributed by atoms with Crippen LogP contribution in [0.15, 0.2) is 18.5 Å². The molecule has 0 saturated heterocycles. The zero-order chi connectivity index (χ0) is 11.0. The first-order valence-corrected chi connectivity index (χ1v) is 6.35. The van der Waals surface area contributed by atoms with E-state index < -0.39 is 0 Å². The van der Waals surface area contributed by atoms with Crippen LogP contribution < -0.4 is 5.73 Å². The largest absolute Gasteiger partial charge is 0.324 e. The van der Waals surface area contributed by atoms with Gasteiger partial charge in [0.05, 0.1) is 6.20 Å². The Balaban J connectivity index is 1.63. The average Bonchev–Trinajstić information content (AvgIpc) is 2.92. The third kappa shape index (κ3) is 1.84. The molecule has 4 unspecified atom stereocenters. The molecule has 0 amide bonds. The van der Waals surface area contributed by atoms with Gasteiger partial charge in [0, 0.05) is 12.2 Å². The SMILES string of the molecule is NC(CC1CC2CCC1C2)c1ccnnc1. The highest BCUT2D eigenvalue weighted by Crippen LogP contribution is 2.50. The Bertz CT molecular complexity index is 351. The van der Waals surface area contributed by atoms with Gasteiger partial charge in [-0.15, -0.1) is 0 Å². The van der Waals surface area contributed by atoms with Crippen LogP contribution in [0.1, 0.15) is 43.7 Å². The highest BCUT2D eigenvalue weighted by molar-refractivity contribution is 5.11. The first kappa shape index (κ1) is 10.2. The van der Waals surface area contributed by atoms with Gasteiger partial charge >= 0.3 is 0 Å². The molecule has 3 rings (SSSR count). The molecule has 2 aliphatic carbocycles. The molecule has 2 N–H and O–H groups in total. The van der Waals surface area contributed by atoms with Crippen molar-refractivity contribution in [3.63, 3.8) is 0 Å². The van der Waals surface area contributed by atoms with Crippen molar-refractivity contribution in [3.05, 3.63) is 24.0 Å². The second-order valence-electron chi connectivity index (χ2n) is 5.45. The molecule has 86 valence electrons. The summed E-state index contributed by atoms with van der Waals surface area (Å²) in [6.07, 6.45) is 10.5. The predicted octanol–water partition coefficient (Wildman–Crippen LogP) is 2.30. The molecule has 0 spiro atoms. The summed E-state index contributed by atoms with van der Waals surface area (Å²) in [5.74, 6) is 2.84. The number of nitrogens with two attached hydrogens (primary N) is 1. The van der Waals surface area contributed by atoms with Gasteiger partial charge in [-0.25, -0.2) is 0 Å². The third-order valence-electron chi connectivity index (χ3n) is 4.48. The minimum absolute atomic E-state index is 0.153. The minimum Gasteiger partial charge on any atom is -0.324 e. The third-order valence-corrected chi connectivity index (χ3v) is 4.48. The molecule has 3 nitrogen and oxygen atoms in total. The summed E-state index contributed by atoms with van der Waals surface area (Å²) in [5.41, 5.74) is 7.38. The maximum Gasteiger partial charge on any atom is 0.0543 e. The molecule has 0 aliphatic heterocycles. The van der Waals surface area contributed by atoms with Gasteiger partial charge in [-0.3, -0.25) is 0 Å². The van der Waals surface area contributed by atoms with Crippen molar-refractivity contribution in [1.82, 2.24) is 10.2 Å². The van der Waals surface area contributed by atoms with Crippen LogP contribution >= 0.6 is 0 Å². The van der Waals surface area contributed by atoms with Crippen LogP contribution in [0.4, 0.5) is 0 Å². The van der Waals surface area contributed by atoms with Gasteiger partial charge in [-0.1, -0.05) is 6.42 Å². The van der Waals surface area contributed by atoms with Gasteiger partial charge in [0.1, 0.15) is 0 Å². The van der Waals surface area contributed by atoms with Crippen LogP contribution in [0.5, 0.6) is 0 Å². The Morgan fingerprint density at radius 3 is 2.88 bits per heavy atom. The summed E-state index contributed by atoms with van der Waals surface area (Å²) in [6.45, 7) is 0. The van der Waals surface area contributed by atoms with E-state index in [0.29, 0.717) is 0 Å². The molecule has 2 saturated carbocycles. The van der Waals surface area contributed by atoms with Crippen LogP contribution in [0, 0.1) is 17.8 Å². The first-order chi connectivity index (χ1) is 7.83. The highest BCUT2D eigenvalue weighted by Gasteiger charge is 2.39. The molecule has 1 aromatic heterocycles. The Morgan fingerprint density at radius 1 is 1.31 bits per heavy atom. The normalized spacial score (nSPS) is 34.2. The van der Waals surface area contributed by atoms with Crippen LogP contribution in [0.3, 0.4) is 0 Å².